The van der Waals surface area contributed by atoms with Crippen LogP contribution in [0.15, 0.2) is 30.6 Å². The largest absolute Gasteiger partial charge is 0.352 e. The molecular weight excluding hydrogens is 226 g/mol. The number of nitrogens with zero attached hydrogens (tertiary/aromatic N) is 4. The van der Waals surface area contributed by atoms with Gasteiger partial charge in [0.15, 0.2) is 0 Å². The standard InChI is InChI=1S/C13H17N5/c1-10-4-3-5-11(16-10)9-18(2)13-8-15-7-12(6-14)17-13/h3-5,7-8H,6,9,14H2,1-2H3. The minimum atomic E-state index is 0.400. The molecule has 2 rings (SSSR count). The van der Waals surface area contributed by atoms with Crippen LogP contribution in [-0.4, -0.2) is 22.0 Å². The van der Waals surface area contributed by atoms with E-state index in [9.17, 15) is 0 Å². The van der Waals surface area contributed by atoms with E-state index in [-0.39, 0.29) is 0 Å². The van der Waals surface area contributed by atoms with Crippen LogP contribution in [0.4, 0.5) is 5.82 Å². The summed E-state index contributed by atoms with van der Waals surface area (Å²) >= 11 is 0. The van der Waals surface area contributed by atoms with E-state index in [1.165, 1.54) is 0 Å². The van der Waals surface area contributed by atoms with E-state index in [0.717, 1.165) is 22.9 Å². The van der Waals surface area contributed by atoms with Crippen molar-refractivity contribution in [2.24, 2.45) is 5.73 Å². The summed E-state index contributed by atoms with van der Waals surface area (Å²) in [5.41, 5.74) is 8.37. The fraction of sp³-hybridized carbons (Fsp3) is 0.308. The van der Waals surface area contributed by atoms with E-state index in [4.69, 9.17) is 5.73 Å². The van der Waals surface area contributed by atoms with Gasteiger partial charge in [-0.25, -0.2) is 4.98 Å². The Morgan fingerprint density at radius 3 is 2.72 bits per heavy atom. The van der Waals surface area contributed by atoms with Crippen molar-refractivity contribution in [2.75, 3.05) is 11.9 Å². The molecule has 0 unspecified atom stereocenters. The van der Waals surface area contributed by atoms with Crippen LogP contribution in [-0.2, 0) is 13.1 Å². The Hall–Kier alpha value is -2.01. The molecule has 5 heteroatoms. The van der Waals surface area contributed by atoms with Gasteiger partial charge in [-0.15, -0.1) is 0 Å². The van der Waals surface area contributed by atoms with Crippen LogP contribution in [0.2, 0.25) is 0 Å². The molecule has 2 N–H and O–H groups in total. The summed E-state index contributed by atoms with van der Waals surface area (Å²) in [6, 6.07) is 6.00. The lowest BCUT2D eigenvalue weighted by molar-refractivity contribution is 0.839. The fourth-order valence-electron chi connectivity index (χ4n) is 1.69. The van der Waals surface area contributed by atoms with E-state index < -0.39 is 0 Å². The van der Waals surface area contributed by atoms with Crippen LogP contribution in [0.1, 0.15) is 17.1 Å². The van der Waals surface area contributed by atoms with Crippen LogP contribution >= 0.6 is 0 Å². The lowest BCUT2D eigenvalue weighted by Crippen LogP contribution is -2.19. The van der Waals surface area contributed by atoms with Gasteiger partial charge >= 0.3 is 0 Å². The zero-order valence-corrected chi connectivity index (χ0v) is 10.7. The molecule has 0 saturated heterocycles. The third-order valence-corrected chi connectivity index (χ3v) is 2.62. The molecular formula is C13H17N5. The SMILES string of the molecule is Cc1cccc(CN(C)c2cncc(CN)n2)n1. The van der Waals surface area contributed by atoms with Crippen LogP contribution in [0, 0.1) is 6.92 Å². The monoisotopic (exact) mass is 243 g/mol. The molecule has 94 valence electrons. The molecule has 2 aromatic heterocycles. The first-order chi connectivity index (χ1) is 8.69. The summed E-state index contributed by atoms with van der Waals surface area (Å²) in [6.07, 6.45) is 3.41. The summed E-state index contributed by atoms with van der Waals surface area (Å²) in [5.74, 6) is 0.807. The predicted molar refractivity (Wildman–Crippen MR) is 71.0 cm³/mol. The topological polar surface area (TPSA) is 67.9 Å². The lowest BCUT2D eigenvalue weighted by atomic mass is 10.3. The zero-order valence-electron chi connectivity index (χ0n) is 10.7. The number of anilines is 1. The molecule has 0 amide bonds. The molecule has 0 fully saturated rings. The summed E-state index contributed by atoms with van der Waals surface area (Å²) < 4.78 is 0. The Bertz CT molecular complexity index is 526. The smallest absolute Gasteiger partial charge is 0.147 e. The quantitative estimate of drug-likeness (QED) is 0.876. The summed E-state index contributed by atoms with van der Waals surface area (Å²) in [7, 11) is 1.97. The van der Waals surface area contributed by atoms with Crippen LogP contribution in [0.3, 0.4) is 0 Å². The van der Waals surface area contributed by atoms with Gasteiger partial charge in [0.05, 0.1) is 24.1 Å². The summed E-state index contributed by atoms with van der Waals surface area (Å²) in [4.78, 5) is 15.0. The average Bonchev–Trinajstić information content (AvgIpc) is 2.39. The van der Waals surface area contributed by atoms with Gasteiger partial charge < -0.3 is 10.6 Å². The summed E-state index contributed by atoms with van der Waals surface area (Å²) in [6.45, 7) is 3.08. The van der Waals surface area contributed by atoms with Gasteiger partial charge in [0.1, 0.15) is 5.82 Å². The van der Waals surface area contributed by atoms with Crippen molar-refractivity contribution >= 4 is 5.82 Å². The maximum absolute atomic E-state index is 5.56. The van der Waals surface area contributed by atoms with Crippen molar-refractivity contribution in [3.8, 4) is 0 Å². The number of aryl methyl sites for hydroxylation is 1. The van der Waals surface area contributed by atoms with E-state index in [1.54, 1.807) is 12.4 Å². The van der Waals surface area contributed by atoms with Crippen LogP contribution in [0.5, 0.6) is 0 Å². The Balaban J connectivity index is 2.13. The molecule has 0 aliphatic rings. The van der Waals surface area contributed by atoms with Crippen molar-refractivity contribution in [1.82, 2.24) is 15.0 Å². The molecule has 0 spiro atoms. The minimum absolute atomic E-state index is 0.400. The number of aromatic nitrogens is 3. The minimum Gasteiger partial charge on any atom is -0.352 e. The molecule has 0 aromatic carbocycles. The number of rotatable bonds is 4. The number of hydrogen-bond acceptors (Lipinski definition) is 5. The number of pyridine rings is 1. The fourth-order valence-corrected chi connectivity index (χ4v) is 1.69. The van der Waals surface area contributed by atoms with E-state index in [0.29, 0.717) is 13.1 Å². The van der Waals surface area contributed by atoms with Gasteiger partial charge in [0.25, 0.3) is 0 Å². The molecule has 0 aliphatic carbocycles. The van der Waals surface area contributed by atoms with Crippen molar-refractivity contribution in [3.63, 3.8) is 0 Å². The molecule has 0 atom stereocenters. The molecule has 0 saturated carbocycles. The van der Waals surface area contributed by atoms with Crippen LogP contribution in [0.25, 0.3) is 0 Å². The molecule has 18 heavy (non-hydrogen) atoms. The first-order valence-electron chi connectivity index (χ1n) is 5.83. The number of nitrogens with two attached hydrogens (primary N) is 1. The van der Waals surface area contributed by atoms with Crippen LogP contribution < -0.4 is 10.6 Å². The second kappa shape index (κ2) is 5.55. The Labute approximate surface area is 107 Å². The highest BCUT2D eigenvalue weighted by molar-refractivity contribution is 5.35. The molecule has 0 bridgehead atoms. The zero-order chi connectivity index (χ0) is 13.0. The highest BCUT2D eigenvalue weighted by Crippen LogP contribution is 2.11. The molecule has 0 radical (unpaired) electrons. The normalized spacial score (nSPS) is 10.4. The van der Waals surface area contributed by atoms with Gasteiger partial charge in [-0.2, -0.15) is 0 Å². The lowest BCUT2D eigenvalue weighted by Gasteiger charge is -2.17. The predicted octanol–water partition coefficient (Wildman–Crippen LogP) is 1.28. The van der Waals surface area contributed by atoms with Gasteiger partial charge in [0, 0.05) is 25.5 Å². The van der Waals surface area contributed by atoms with E-state index >= 15 is 0 Å². The van der Waals surface area contributed by atoms with E-state index in [2.05, 4.69) is 15.0 Å². The second-order valence-corrected chi connectivity index (χ2v) is 4.20. The van der Waals surface area contributed by atoms with Crippen molar-refractivity contribution < 1.29 is 0 Å². The molecule has 2 heterocycles. The average molecular weight is 243 g/mol. The third-order valence-electron chi connectivity index (χ3n) is 2.62. The molecule has 2 aromatic rings. The maximum atomic E-state index is 5.56. The molecule has 5 nitrogen and oxygen atoms in total. The van der Waals surface area contributed by atoms with Gasteiger partial charge in [-0.1, -0.05) is 6.07 Å². The Morgan fingerprint density at radius 1 is 1.17 bits per heavy atom. The maximum Gasteiger partial charge on any atom is 0.147 e. The Morgan fingerprint density at radius 2 is 2.00 bits per heavy atom. The second-order valence-electron chi connectivity index (χ2n) is 4.20. The third kappa shape index (κ3) is 3.01. The molecule has 0 aliphatic heterocycles. The highest BCUT2D eigenvalue weighted by Gasteiger charge is 2.05. The van der Waals surface area contributed by atoms with Crippen molar-refractivity contribution in [1.29, 1.82) is 0 Å². The van der Waals surface area contributed by atoms with Crippen molar-refractivity contribution in [3.05, 3.63) is 47.7 Å². The van der Waals surface area contributed by atoms with Gasteiger partial charge in [-0.3, -0.25) is 9.97 Å². The first-order valence-corrected chi connectivity index (χ1v) is 5.83. The van der Waals surface area contributed by atoms with Gasteiger partial charge in [0.2, 0.25) is 0 Å². The van der Waals surface area contributed by atoms with E-state index in [1.807, 2.05) is 37.1 Å². The number of hydrogen-bond donors (Lipinski definition) is 1. The summed E-state index contributed by atoms with van der Waals surface area (Å²) in [5, 5.41) is 0. The van der Waals surface area contributed by atoms with Gasteiger partial charge in [-0.05, 0) is 19.1 Å². The van der Waals surface area contributed by atoms with Crippen molar-refractivity contribution in [2.45, 2.75) is 20.0 Å². The Kier molecular flexibility index (Phi) is 3.84. The first kappa shape index (κ1) is 12.4. The highest BCUT2D eigenvalue weighted by atomic mass is 15.2.